The molecule has 0 spiro atoms. The molecule has 134 valence electrons. The summed E-state index contributed by atoms with van der Waals surface area (Å²) in [4.78, 5) is 19.3. The molecule has 0 aromatic carbocycles. The predicted molar refractivity (Wildman–Crippen MR) is 96.7 cm³/mol. The SMILES string of the molecule is CC1C(Nc2nc(C3CC3)ns2)CCCN1C(=O)CCc1ccoc1. The molecule has 1 aliphatic carbocycles. The fourth-order valence-electron chi connectivity index (χ4n) is 3.48. The van der Waals surface area contributed by atoms with Crippen molar-refractivity contribution in [3.05, 3.63) is 30.0 Å². The van der Waals surface area contributed by atoms with Crippen molar-refractivity contribution in [2.45, 2.75) is 63.5 Å². The molecule has 2 atom stereocenters. The molecule has 2 aliphatic rings. The van der Waals surface area contributed by atoms with Gasteiger partial charge in [0.15, 0.2) is 0 Å². The van der Waals surface area contributed by atoms with Gasteiger partial charge in [-0.15, -0.1) is 0 Å². The summed E-state index contributed by atoms with van der Waals surface area (Å²) in [7, 11) is 0. The van der Waals surface area contributed by atoms with Gasteiger partial charge in [0.05, 0.1) is 12.5 Å². The number of carbonyl (C=O) groups is 1. The van der Waals surface area contributed by atoms with Crippen LogP contribution in [0.4, 0.5) is 5.13 Å². The van der Waals surface area contributed by atoms with Crippen molar-refractivity contribution in [2.75, 3.05) is 11.9 Å². The Morgan fingerprint density at radius 3 is 3.08 bits per heavy atom. The molecular formula is C18H24N4O2S. The summed E-state index contributed by atoms with van der Waals surface area (Å²) in [6.07, 6.45) is 9.15. The van der Waals surface area contributed by atoms with Crippen LogP contribution in [-0.4, -0.2) is 38.8 Å². The van der Waals surface area contributed by atoms with E-state index in [1.807, 2.05) is 11.0 Å². The molecule has 2 unspecified atom stereocenters. The van der Waals surface area contributed by atoms with Gasteiger partial charge in [-0.3, -0.25) is 4.79 Å². The van der Waals surface area contributed by atoms with E-state index in [4.69, 9.17) is 4.42 Å². The van der Waals surface area contributed by atoms with Gasteiger partial charge in [0.25, 0.3) is 0 Å². The lowest BCUT2D eigenvalue weighted by Crippen LogP contribution is -2.52. The molecule has 1 amide bonds. The molecule has 1 N–H and O–H groups in total. The summed E-state index contributed by atoms with van der Waals surface area (Å²) >= 11 is 1.45. The van der Waals surface area contributed by atoms with Gasteiger partial charge in [-0.25, -0.2) is 4.98 Å². The van der Waals surface area contributed by atoms with E-state index >= 15 is 0 Å². The first kappa shape index (κ1) is 16.6. The summed E-state index contributed by atoms with van der Waals surface area (Å²) in [5, 5.41) is 4.42. The number of anilines is 1. The Labute approximate surface area is 151 Å². The largest absolute Gasteiger partial charge is 0.472 e. The Kier molecular flexibility index (Phi) is 4.74. The Balaban J connectivity index is 1.34. The number of amides is 1. The van der Waals surface area contributed by atoms with Crippen molar-refractivity contribution in [1.29, 1.82) is 0 Å². The first-order chi connectivity index (χ1) is 12.2. The molecule has 2 aromatic heterocycles. The summed E-state index contributed by atoms with van der Waals surface area (Å²) in [6.45, 7) is 2.97. The van der Waals surface area contributed by atoms with E-state index in [0.717, 1.165) is 42.3 Å². The van der Waals surface area contributed by atoms with Gasteiger partial charge in [-0.2, -0.15) is 4.37 Å². The fraction of sp³-hybridized carbons (Fsp3) is 0.611. The average molecular weight is 360 g/mol. The average Bonchev–Trinajstić information content (AvgIpc) is 3.14. The van der Waals surface area contributed by atoms with Gasteiger partial charge in [-0.1, -0.05) is 0 Å². The van der Waals surface area contributed by atoms with E-state index in [1.54, 1.807) is 12.5 Å². The second-order valence-corrected chi connectivity index (χ2v) is 7.84. The van der Waals surface area contributed by atoms with Crippen LogP contribution in [-0.2, 0) is 11.2 Å². The minimum atomic E-state index is 0.166. The lowest BCUT2D eigenvalue weighted by atomic mass is 9.97. The Morgan fingerprint density at radius 2 is 2.32 bits per heavy atom. The molecule has 3 heterocycles. The zero-order chi connectivity index (χ0) is 17.2. The quantitative estimate of drug-likeness (QED) is 0.854. The van der Waals surface area contributed by atoms with Crippen molar-refractivity contribution >= 4 is 22.6 Å². The number of hydrogen-bond donors (Lipinski definition) is 1. The van der Waals surface area contributed by atoms with Crippen LogP contribution < -0.4 is 5.32 Å². The zero-order valence-electron chi connectivity index (χ0n) is 14.5. The maximum atomic E-state index is 12.6. The minimum Gasteiger partial charge on any atom is -0.472 e. The number of likely N-dealkylation sites (tertiary alicyclic amines) is 1. The van der Waals surface area contributed by atoms with Crippen LogP contribution in [0.15, 0.2) is 23.0 Å². The van der Waals surface area contributed by atoms with Crippen molar-refractivity contribution in [1.82, 2.24) is 14.3 Å². The van der Waals surface area contributed by atoms with Gasteiger partial charge < -0.3 is 14.6 Å². The van der Waals surface area contributed by atoms with Crippen molar-refractivity contribution < 1.29 is 9.21 Å². The zero-order valence-corrected chi connectivity index (χ0v) is 15.3. The second-order valence-electron chi connectivity index (χ2n) is 7.08. The molecule has 1 saturated carbocycles. The monoisotopic (exact) mass is 360 g/mol. The van der Waals surface area contributed by atoms with E-state index in [2.05, 4.69) is 21.6 Å². The summed E-state index contributed by atoms with van der Waals surface area (Å²) < 4.78 is 9.53. The molecule has 0 radical (unpaired) electrons. The van der Waals surface area contributed by atoms with E-state index in [0.29, 0.717) is 12.3 Å². The van der Waals surface area contributed by atoms with E-state index < -0.39 is 0 Å². The van der Waals surface area contributed by atoms with Crippen LogP contribution >= 0.6 is 11.5 Å². The lowest BCUT2D eigenvalue weighted by Gasteiger charge is -2.39. The maximum Gasteiger partial charge on any atom is 0.223 e. The minimum absolute atomic E-state index is 0.166. The van der Waals surface area contributed by atoms with Crippen LogP contribution in [0.5, 0.6) is 0 Å². The number of carbonyl (C=O) groups excluding carboxylic acids is 1. The molecule has 7 heteroatoms. The van der Waals surface area contributed by atoms with Gasteiger partial charge in [0.1, 0.15) is 5.82 Å². The number of aromatic nitrogens is 2. The number of nitrogens with one attached hydrogen (secondary N) is 1. The molecule has 6 nitrogen and oxygen atoms in total. The molecule has 0 bridgehead atoms. The van der Waals surface area contributed by atoms with Crippen molar-refractivity contribution in [2.24, 2.45) is 0 Å². The van der Waals surface area contributed by atoms with E-state index in [-0.39, 0.29) is 18.0 Å². The number of rotatable bonds is 6. The van der Waals surface area contributed by atoms with Crippen LogP contribution in [0.1, 0.15) is 56.3 Å². The molecule has 1 aliphatic heterocycles. The summed E-state index contributed by atoms with van der Waals surface area (Å²) in [6, 6.07) is 2.33. The number of piperidine rings is 1. The number of nitrogens with zero attached hydrogens (tertiary/aromatic N) is 3. The second kappa shape index (κ2) is 7.15. The molecular weight excluding hydrogens is 336 g/mol. The standard InChI is InChI=1S/C18H24N4O2S/c1-12-15(19-18-20-17(21-25-18)14-5-6-14)3-2-9-22(12)16(23)7-4-13-8-10-24-11-13/h8,10-12,14-15H,2-7,9H2,1H3,(H,19,20,21). The first-order valence-electron chi connectivity index (χ1n) is 9.11. The van der Waals surface area contributed by atoms with Crippen molar-refractivity contribution in [3.8, 4) is 0 Å². The maximum absolute atomic E-state index is 12.6. The molecule has 2 fully saturated rings. The fourth-order valence-corrected chi connectivity index (χ4v) is 4.19. The Morgan fingerprint density at radius 1 is 1.44 bits per heavy atom. The van der Waals surface area contributed by atoms with Crippen LogP contribution in [0.3, 0.4) is 0 Å². The third kappa shape index (κ3) is 3.86. The smallest absolute Gasteiger partial charge is 0.223 e. The predicted octanol–water partition coefficient (Wildman–Crippen LogP) is 3.43. The summed E-state index contributed by atoms with van der Waals surface area (Å²) in [5.41, 5.74) is 1.08. The number of hydrogen-bond acceptors (Lipinski definition) is 6. The Hall–Kier alpha value is -1.89. The lowest BCUT2D eigenvalue weighted by molar-refractivity contribution is -0.134. The summed E-state index contributed by atoms with van der Waals surface area (Å²) in [5.74, 6) is 1.79. The van der Waals surface area contributed by atoms with E-state index in [9.17, 15) is 4.79 Å². The third-order valence-corrected chi connectivity index (χ3v) is 5.87. The Bertz CT molecular complexity index is 710. The number of aryl methyl sites for hydroxylation is 1. The van der Waals surface area contributed by atoms with Crippen molar-refractivity contribution in [3.63, 3.8) is 0 Å². The normalized spacial score (nSPS) is 23.6. The third-order valence-electron chi connectivity index (χ3n) is 5.21. The van der Waals surface area contributed by atoms with Gasteiger partial charge in [-0.05, 0) is 50.7 Å². The van der Waals surface area contributed by atoms with Crippen LogP contribution in [0.2, 0.25) is 0 Å². The molecule has 25 heavy (non-hydrogen) atoms. The van der Waals surface area contributed by atoms with E-state index in [1.165, 1.54) is 24.4 Å². The highest BCUT2D eigenvalue weighted by Crippen LogP contribution is 2.39. The van der Waals surface area contributed by atoms with Crippen LogP contribution in [0.25, 0.3) is 0 Å². The molecule has 2 aromatic rings. The molecule has 1 saturated heterocycles. The first-order valence-corrected chi connectivity index (χ1v) is 9.89. The van der Waals surface area contributed by atoms with Gasteiger partial charge >= 0.3 is 0 Å². The van der Waals surface area contributed by atoms with Crippen LogP contribution in [0, 0.1) is 0 Å². The van der Waals surface area contributed by atoms with Gasteiger partial charge in [0, 0.05) is 42.5 Å². The number of furan rings is 1. The topological polar surface area (TPSA) is 71.3 Å². The van der Waals surface area contributed by atoms with Gasteiger partial charge in [0.2, 0.25) is 11.0 Å². The highest BCUT2D eigenvalue weighted by Gasteiger charge is 2.32. The highest BCUT2D eigenvalue weighted by molar-refractivity contribution is 7.09. The molecule has 4 rings (SSSR count). The highest BCUT2D eigenvalue weighted by atomic mass is 32.1.